The van der Waals surface area contributed by atoms with Crippen molar-refractivity contribution in [2.24, 2.45) is 11.8 Å². The molecule has 1 heterocycles. The molecule has 0 saturated heterocycles. The van der Waals surface area contributed by atoms with Crippen molar-refractivity contribution in [1.82, 2.24) is 9.78 Å². The van der Waals surface area contributed by atoms with Crippen molar-refractivity contribution in [3.63, 3.8) is 0 Å². The Morgan fingerprint density at radius 3 is 2.75 bits per heavy atom. The summed E-state index contributed by atoms with van der Waals surface area (Å²) in [5.41, 5.74) is 0. The summed E-state index contributed by atoms with van der Waals surface area (Å²) < 4.78 is 1.71. The highest BCUT2D eigenvalue weighted by Gasteiger charge is 2.20. The molecule has 0 atom stereocenters. The molecule has 88 valence electrons. The molecule has 1 aliphatic carbocycles. The number of nitrogens with zero attached hydrogens (tertiary/aromatic N) is 3. The van der Waals surface area contributed by atoms with E-state index in [1.54, 1.807) is 10.9 Å². The average Bonchev–Trinajstić information content (AvgIpc) is 2.70. The monoisotopic (exact) mass is 223 g/mol. The lowest BCUT2D eigenvalue weighted by Gasteiger charge is -2.25. The molecular formula is C11H17N3O2. The van der Waals surface area contributed by atoms with Crippen LogP contribution in [-0.2, 0) is 6.54 Å². The van der Waals surface area contributed by atoms with Gasteiger partial charge in [-0.3, -0.25) is 0 Å². The second-order valence-corrected chi connectivity index (χ2v) is 4.78. The Balaban J connectivity index is 1.91. The van der Waals surface area contributed by atoms with Crippen molar-refractivity contribution in [2.75, 3.05) is 0 Å². The van der Waals surface area contributed by atoms with Crippen molar-refractivity contribution in [3.8, 4) is 0 Å². The quantitative estimate of drug-likeness (QED) is 0.584. The van der Waals surface area contributed by atoms with Gasteiger partial charge in [0, 0.05) is 0 Å². The highest BCUT2D eigenvalue weighted by Crippen LogP contribution is 2.29. The Bertz CT molecular complexity index is 367. The summed E-state index contributed by atoms with van der Waals surface area (Å²) in [5.74, 6) is 1.42. The fraction of sp³-hybridized carbons (Fsp3) is 0.727. The van der Waals surface area contributed by atoms with Gasteiger partial charge in [-0.2, -0.15) is 4.68 Å². The lowest BCUT2D eigenvalue weighted by molar-refractivity contribution is -0.389. The normalized spacial score (nSPS) is 25.6. The van der Waals surface area contributed by atoms with E-state index in [1.165, 1.54) is 31.7 Å². The number of aromatic nitrogens is 2. The van der Waals surface area contributed by atoms with E-state index in [2.05, 4.69) is 12.0 Å². The van der Waals surface area contributed by atoms with Gasteiger partial charge >= 0.3 is 5.82 Å². The van der Waals surface area contributed by atoms with Gasteiger partial charge in [-0.05, 0) is 29.6 Å². The summed E-state index contributed by atoms with van der Waals surface area (Å²) in [6.45, 7) is 3.11. The van der Waals surface area contributed by atoms with E-state index in [1.807, 2.05) is 0 Å². The van der Waals surface area contributed by atoms with Gasteiger partial charge in [0.15, 0.2) is 0 Å². The summed E-state index contributed by atoms with van der Waals surface area (Å²) in [5, 5.41) is 14.4. The highest BCUT2D eigenvalue weighted by atomic mass is 16.6. The van der Waals surface area contributed by atoms with Crippen molar-refractivity contribution in [2.45, 2.75) is 39.2 Å². The van der Waals surface area contributed by atoms with Crippen molar-refractivity contribution >= 4 is 5.82 Å². The first-order valence-electron chi connectivity index (χ1n) is 5.83. The minimum atomic E-state index is -0.445. The van der Waals surface area contributed by atoms with Gasteiger partial charge in [-0.1, -0.05) is 19.8 Å². The van der Waals surface area contributed by atoms with Crippen LogP contribution >= 0.6 is 0 Å². The van der Waals surface area contributed by atoms with Crippen LogP contribution in [0.2, 0.25) is 0 Å². The fourth-order valence-electron chi connectivity index (χ4n) is 2.33. The molecule has 0 aromatic carbocycles. The van der Waals surface area contributed by atoms with Gasteiger partial charge in [0.1, 0.15) is 0 Å². The van der Waals surface area contributed by atoms with Gasteiger partial charge in [0.25, 0.3) is 0 Å². The molecule has 1 aromatic heterocycles. The molecule has 0 spiro atoms. The van der Waals surface area contributed by atoms with Gasteiger partial charge in [0.2, 0.25) is 0 Å². The summed E-state index contributed by atoms with van der Waals surface area (Å²) in [6.07, 6.45) is 6.68. The molecule has 1 saturated carbocycles. The standard InChI is InChI=1S/C11H17N3O2/c1-9-2-4-10(5-3-9)8-13-7-6-11(12-13)14(15)16/h6-7,9-10H,2-5,8H2,1H3/t9-,10-. The zero-order valence-electron chi connectivity index (χ0n) is 9.50. The molecule has 0 aliphatic heterocycles. The van der Waals surface area contributed by atoms with Crippen LogP contribution in [0.4, 0.5) is 5.82 Å². The van der Waals surface area contributed by atoms with Gasteiger partial charge in [-0.25, -0.2) is 0 Å². The molecule has 5 heteroatoms. The lowest BCUT2D eigenvalue weighted by atomic mass is 9.83. The first-order chi connectivity index (χ1) is 7.65. The van der Waals surface area contributed by atoms with Crippen LogP contribution in [-0.4, -0.2) is 14.7 Å². The third-order valence-corrected chi connectivity index (χ3v) is 3.39. The molecule has 0 unspecified atom stereocenters. The Labute approximate surface area is 94.6 Å². The number of hydrogen-bond donors (Lipinski definition) is 0. The van der Waals surface area contributed by atoms with E-state index in [4.69, 9.17) is 0 Å². The maximum absolute atomic E-state index is 10.5. The van der Waals surface area contributed by atoms with Crippen molar-refractivity contribution < 1.29 is 4.92 Å². The van der Waals surface area contributed by atoms with Crippen LogP contribution in [0.25, 0.3) is 0 Å². The maximum Gasteiger partial charge on any atom is 0.389 e. The number of nitro groups is 1. The second kappa shape index (κ2) is 4.63. The van der Waals surface area contributed by atoms with E-state index in [9.17, 15) is 10.1 Å². The van der Waals surface area contributed by atoms with Crippen LogP contribution in [0.1, 0.15) is 32.6 Å². The largest absolute Gasteiger partial charge is 0.389 e. The van der Waals surface area contributed by atoms with Crippen LogP contribution < -0.4 is 0 Å². The number of rotatable bonds is 3. The number of hydrogen-bond acceptors (Lipinski definition) is 3. The van der Waals surface area contributed by atoms with E-state index in [0.717, 1.165) is 12.5 Å². The fourth-order valence-corrected chi connectivity index (χ4v) is 2.33. The molecule has 0 amide bonds. The zero-order valence-corrected chi connectivity index (χ0v) is 9.50. The van der Waals surface area contributed by atoms with Crippen LogP contribution in [0, 0.1) is 22.0 Å². The topological polar surface area (TPSA) is 61.0 Å². The first kappa shape index (κ1) is 11.1. The third kappa shape index (κ3) is 2.59. The Kier molecular flexibility index (Phi) is 3.22. The summed E-state index contributed by atoms with van der Waals surface area (Å²) in [7, 11) is 0. The molecule has 1 aromatic rings. The Hall–Kier alpha value is -1.39. The predicted octanol–water partition coefficient (Wildman–Crippen LogP) is 2.62. The van der Waals surface area contributed by atoms with Crippen LogP contribution in [0.5, 0.6) is 0 Å². The first-order valence-corrected chi connectivity index (χ1v) is 5.83. The highest BCUT2D eigenvalue weighted by molar-refractivity contribution is 5.13. The van der Waals surface area contributed by atoms with Gasteiger partial charge in [0.05, 0.1) is 23.9 Å². The smallest absolute Gasteiger partial charge is 0.358 e. The van der Waals surface area contributed by atoms with E-state index in [0.29, 0.717) is 5.92 Å². The van der Waals surface area contributed by atoms with E-state index >= 15 is 0 Å². The zero-order chi connectivity index (χ0) is 11.5. The van der Waals surface area contributed by atoms with Gasteiger partial charge in [-0.15, -0.1) is 0 Å². The molecule has 0 N–H and O–H groups in total. The summed E-state index contributed by atoms with van der Waals surface area (Å²) in [6, 6.07) is 1.46. The van der Waals surface area contributed by atoms with Crippen molar-refractivity contribution in [3.05, 3.63) is 22.4 Å². The minimum absolute atomic E-state index is 0.0517. The molecule has 16 heavy (non-hydrogen) atoms. The molecular weight excluding hydrogens is 206 g/mol. The minimum Gasteiger partial charge on any atom is -0.358 e. The molecule has 1 fully saturated rings. The Morgan fingerprint density at radius 2 is 2.19 bits per heavy atom. The molecule has 0 bridgehead atoms. The molecule has 2 rings (SSSR count). The molecule has 5 nitrogen and oxygen atoms in total. The van der Waals surface area contributed by atoms with Gasteiger partial charge < -0.3 is 10.1 Å². The van der Waals surface area contributed by atoms with Crippen molar-refractivity contribution in [1.29, 1.82) is 0 Å². The third-order valence-electron chi connectivity index (χ3n) is 3.39. The summed E-state index contributed by atoms with van der Waals surface area (Å²) >= 11 is 0. The average molecular weight is 223 g/mol. The predicted molar refractivity (Wildman–Crippen MR) is 60.0 cm³/mol. The molecule has 1 aliphatic rings. The lowest BCUT2D eigenvalue weighted by Crippen LogP contribution is -2.18. The molecule has 0 radical (unpaired) electrons. The second-order valence-electron chi connectivity index (χ2n) is 4.78. The van der Waals surface area contributed by atoms with E-state index in [-0.39, 0.29) is 5.82 Å². The van der Waals surface area contributed by atoms with Crippen LogP contribution in [0.3, 0.4) is 0 Å². The SMILES string of the molecule is C[C@H]1CC[C@H](Cn2ccc([N+](=O)[O-])n2)CC1. The van der Waals surface area contributed by atoms with E-state index < -0.39 is 4.92 Å². The van der Waals surface area contributed by atoms with Crippen LogP contribution in [0.15, 0.2) is 12.3 Å². The maximum atomic E-state index is 10.5. The summed E-state index contributed by atoms with van der Waals surface area (Å²) in [4.78, 5) is 10.0. The Morgan fingerprint density at radius 1 is 1.50 bits per heavy atom.